The fourth-order valence-electron chi connectivity index (χ4n) is 1.48. The van der Waals surface area contributed by atoms with Crippen LogP contribution in [0.2, 0.25) is 0 Å². The highest BCUT2D eigenvalue weighted by Crippen LogP contribution is 2.32. The molecule has 70 valence electrons. The van der Waals surface area contributed by atoms with Crippen molar-refractivity contribution < 1.29 is 0 Å². The van der Waals surface area contributed by atoms with Gasteiger partial charge in [0.15, 0.2) is 0 Å². The maximum absolute atomic E-state index is 3.93. The molecule has 0 radical (unpaired) electrons. The molecule has 1 unspecified atom stereocenters. The Balaban J connectivity index is 3.10. The Labute approximate surface area is 81.3 Å². The van der Waals surface area contributed by atoms with E-state index in [1.54, 1.807) is 0 Å². The Morgan fingerprint density at radius 3 is 2.15 bits per heavy atom. The summed E-state index contributed by atoms with van der Waals surface area (Å²) < 4.78 is 0. The third kappa shape index (κ3) is 1.82. The summed E-state index contributed by atoms with van der Waals surface area (Å²) in [5.41, 5.74) is 1.45. The zero-order valence-electron chi connectivity index (χ0n) is 8.75. The van der Waals surface area contributed by atoms with Crippen molar-refractivity contribution in [1.29, 1.82) is 0 Å². The molecule has 0 nitrogen and oxygen atoms in total. The normalized spacial score (nSPS) is 15.4. The molecule has 0 aliphatic heterocycles. The Morgan fingerprint density at radius 1 is 1.23 bits per heavy atom. The van der Waals surface area contributed by atoms with Gasteiger partial charge in [-0.15, -0.1) is 6.58 Å². The van der Waals surface area contributed by atoms with Crippen LogP contribution in [0, 0.1) is 5.92 Å². The van der Waals surface area contributed by atoms with Crippen molar-refractivity contribution in [3.63, 3.8) is 0 Å². The van der Waals surface area contributed by atoms with Gasteiger partial charge >= 0.3 is 0 Å². The summed E-state index contributed by atoms with van der Waals surface area (Å²) in [4.78, 5) is 0. The molecule has 0 fully saturated rings. The minimum atomic E-state index is 0.0985. The van der Waals surface area contributed by atoms with E-state index < -0.39 is 0 Å². The van der Waals surface area contributed by atoms with Gasteiger partial charge in [-0.3, -0.25) is 0 Å². The van der Waals surface area contributed by atoms with Crippen LogP contribution in [-0.4, -0.2) is 0 Å². The van der Waals surface area contributed by atoms with E-state index in [0.29, 0.717) is 5.92 Å². The Kier molecular flexibility index (Phi) is 2.92. The molecule has 0 bridgehead atoms. The minimum Gasteiger partial charge on any atom is -0.102 e. The van der Waals surface area contributed by atoms with E-state index in [4.69, 9.17) is 0 Å². The van der Waals surface area contributed by atoms with Crippen LogP contribution >= 0.6 is 0 Å². The summed E-state index contributed by atoms with van der Waals surface area (Å²) in [6, 6.07) is 10.6. The van der Waals surface area contributed by atoms with Crippen LogP contribution in [0.4, 0.5) is 0 Å². The van der Waals surface area contributed by atoms with Gasteiger partial charge in [-0.25, -0.2) is 0 Å². The fourth-order valence-corrected chi connectivity index (χ4v) is 1.48. The average molecular weight is 174 g/mol. The van der Waals surface area contributed by atoms with Gasteiger partial charge < -0.3 is 0 Å². The van der Waals surface area contributed by atoms with E-state index in [2.05, 4.69) is 51.6 Å². The predicted octanol–water partition coefficient (Wildman–Crippen LogP) is 3.79. The second-order valence-corrected chi connectivity index (χ2v) is 4.01. The Hall–Kier alpha value is -1.04. The van der Waals surface area contributed by atoms with Crippen molar-refractivity contribution in [2.45, 2.75) is 26.2 Å². The highest BCUT2D eigenvalue weighted by atomic mass is 14.3. The number of benzene rings is 1. The molecular formula is C13H18. The summed E-state index contributed by atoms with van der Waals surface area (Å²) in [6.45, 7) is 10.6. The molecule has 1 atom stereocenters. The van der Waals surface area contributed by atoms with E-state index in [0.717, 1.165) is 0 Å². The van der Waals surface area contributed by atoms with Gasteiger partial charge in [0.1, 0.15) is 0 Å². The van der Waals surface area contributed by atoms with Crippen molar-refractivity contribution in [3.05, 3.63) is 48.6 Å². The summed E-state index contributed by atoms with van der Waals surface area (Å²) in [5, 5.41) is 0. The van der Waals surface area contributed by atoms with Crippen LogP contribution in [-0.2, 0) is 5.41 Å². The third-order valence-electron chi connectivity index (χ3n) is 3.02. The topological polar surface area (TPSA) is 0 Å². The van der Waals surface area contributed by atoms with Crippen molar-refractivity contribution >= 4 is 0 Å². The van der Waals surface area contributed by atoms with Crippen molar-refractivity contribution in [1.82, 2.24) is 0 Å². The summed E-state index contributed by atoms with van der Waals surface area (Å²) in [7, 11) is 0. The molecule has 1 aromatic rings. The summed E-state index contributed by atoms with van der Waals surface area (Å²) >= 11 is 0. The molecule has 0 saturated carbocycles. The first-order valence-corrected chi connectivity index (χ1v) is 4.80. The molecular weight excluding hydrogens is 156 g/mol. The first-order valence-electron chi connectivity index (χ1n) is 4.80. The molecule has 0 saturated heterocycles. The minimum absolute atomic E-state index is 0.0985. The van der Waals surface area contributed by atoms with Crippen LogP contribution in [0.15, 0.2) is 43.0 Å². The van der Waals surface area contributed by atoms with Gasteiger partial charge in [-0.2, -0.15) is 0 Å². The average Bonchev–Trinajstić information content (AvgIpc) is 2.17. The van der Waals surface area contributed by atoms with Gasteiger partial charge in [0.05, 0.1) is 0 Å². The zero-order valence-corrected chi connectivity index (χ0v) is 8.75. The first-order chi connectivity index (χ1) is 6.11. The van der Waals surface area contributed by atoms with Crippen LogP contribution in [0.1, 0.15) is 26.3 Å². The molecule has 1 rings (SSSR count). The monoisotopic (exact) mass is 174 g/mol. The van der Waals surface area contributed by atoms with Crippen molar-refractivity contribution in [3.8, 4) is 0 Å². The van der Waals surface area contributed by atoms with Gasteiger partial charge in [0.2, 0.25) is 0 Å². The number of hydrogen-bond acceptors (Lipinski definition) is 0. The maximum atomic E-state index is 3.93. The summed E-state index contributed by atoms with van der Waals surface area (Å²) in [5.74, 6) is 0.576. The van der Waals surface area contributed by atoms with Crippen LogP contribution in [0.25, 0.3) is 0 Å². The molecule has 0 amide bonds. The number of rotatable bonds is 3. The second-order valence-electron chi connectivity index (χ2n) is 4.01. The van der Waals surface area contributed by atoms with Crippen LogP contribution in [0.3, 0.4) is 0 Å². The van der Waals surface area contributed by atoms with E-state index in [9.17, 15) is 0 Å². The molecule has 0 heteroatoms. The molecule has 1 aromatic carbocycles. The lowest BCUT2D eigenvalue weighted by atomic mass is 9.74. The molecule has 0 aliphatic rings. The van der Waals surface area contributed by atoms with Crippen LogP contribution in [0.5, 0.6) is 0 Å². The lowest BCUT2D eigenvalue weighted by Gasteiger charge is -2.30. The van der Waals surface area contributed by atoms with E-state index in [-0.39, 0.29) is 5.41 Å². The predicted molar refractivity (Wildman–Crippen MR) is 58.8 cm³/mol. The zero-order chi connectivity index (χ0) is 9.90. The van der Waals surface area contributed by atoms with E-state index in [1.807, 2.05) is 12.1 Å². The smallest absolute Gasteiger partial charge is 0.0124 e. The van der Waals surface area contributed by atoms with Gasteiger partial charge in [-0.1, -0.05) is 57.2 Å². The molecule has 0 aliphatic carbocycles. The lowest BCUT2D eigenvalue weighted by Crippen LogP contribution is -2.25. The molecule has 0 aromatic heterocycles. The van der Waals surface area contributed by atoms with Gasteiger partial charge in [-0.05, 0) is 11.5 Å². The summed E-state index contributed by atoms with van der Waals surface area (Å²) in [6.07, 6.45) is 2.05. The maximum Gasteiger partial charge on any atom is 0.0124 e. The lowest BCUT2D eigenvalue weighted by molar-refractivity contribution is 0.421. The fraction of sp³-hybridized carbons (Fsp3) is 0.385. The number of allylic oxidation sites excluding steroid dienone is 1. The molecule has 0 heterocycles. The van der Waals surface area contributed by atoms with Gasteiger partial charge in [0, 0.05) is 5.41 Å². The molecule has 0 spiro atoms. The number of hydrogen-bond donors (Lipinski definition) is 0. The largest absolute Gasteiger partial charge is 0.102 e. The highest BCUT2D eigenvalue weighted by Gasteiger charge is 2.26. The second kappa shape index (κ2) is 3.78. The van der Waals surface area contributed by atoms with E-state index >= 15 is 0 Å². The molecule has 13 heavy (non-hydrogen) atoms. The van der Waals surface area contributed by atoms with Crippen LogP contribution < -0.4 is 0 Å². The SMILES string of the molecule is C=CC(C)(c1ccccc1)C(C)C. The Bertz CT molecular complexity index is 271. The third-order valence-corrected chi connectivity index (χ3v) is 3.02. The van der Waals surface area contributed by atoms with Gasteiger partial charge in [0.25, 0.3) is 0 Å². The standard InChI is InChI=1S/C13H18/c1-5-13(4,11(2)3)12-9-7-6-8-10-12/h5-11H,1H2,2-4H3. The highest BCUT2D eigenvalue weighted by molar-refractivity contribution is 5.29. The van der Waals surface area contributed by atoms with Crippen molar-refractivity contribution in [2.75, 3.05) is 0 Å². The molecule has 0 N–H and O–H groups in total. The van der Waals surface area contributed by atoms with E-state index in [1.165, 1.54) is 5.56 Å². The first kappa shape index (κ1) is 10.0. The van der Waals surface area contributed by atoms with Crippen molar-refractivity contribution in [2.24, 2.45) is 5.92 Å². The Morgan fingerprint density at radius 2 is 1.77 bits per heavy atom. The quantitative estimate of drug-likeness (QED) is 0.612.